The molecule has 5 nitrogen and oxygen atoms in total. The van der Waals surface area contributed by atoms with Crippen molar-refractivity contribution in [3.05, 3.63) is 60.8 Å². The van der Waals surface area contributed by atoms with Crippen LogP contribution < -0.4 is 13.8 Å². The summed E-state index contributed by atoms with van der Waals surface area (Å²) in [4.78, 5) is 0. The van der Waals surface area contributed by atoms with Gasteiger partial charge in [0, 0.05) is 5.70 Å². The van der Waals surface area contributed by atoms with Crippen molar-refractivity contribution in [1.29, 1.82) is 0 Å². The van der Waals surface area contributed by atoms with Gasteiger partial charge in [-0.1, -0.05) is 43.0 Å². The van der Waals surface area contributed by atoms with Gasteiger partial charge in [0.25, 0.3) is 0 Å². The van der Waals surface area contributed by atoms with Crippen molar-refractivity contribution in [2.45, 2.75) is 0 Å². The minimum absolute atomic E-state index is 0.191. The molecule has 6 heteroatoms. The Morgan fingerprint density at radius 2 is 1.86 bits per heavy atom. The second kappa shape index (κ2) is 5.38. The maximum atomic E-state index is 12.2. The molecule has 22 heavy (non-hydrogen) atoms. The first-order valence-electron chi connectivity index (χ1n) is 6.73. The van der Waals surface area contributed by atoms with Crippen LogP contribution in [0.15, 0.2) is 60.8 Å². The Balaban J connectivity index is 2.12. The van der Waals surface area contributed by atoms with E-state index in [0.717, 1.165) is 11.1 Å². The summed E-state index contributed by atoms with van der Waals surface area (Å²) in [5, 5.41) is 0. The van der Waals surface area contributed by atoms with Crippen LogP contribution >= 0.6 is 0 Å². The molecule has 0 atom stereocenters. The molecule has 0 radical (unpaired) electrons. The number of methoxy groups -OCH3 is 1. The Morgan fingerprint density at radius 3 is 2.45 bits per heavy atom. The minimum Gasteiger partial charge on any atom is -0.495 e. The number of ether oxygens (including phenoxy) is 1. The zero-order chi connectivity index (χ0) is 15.7. The molecule has 1 N–H and O–H groups in total. The fourth-order valence-corrected chi connectivity index (χ4v) is 3.70. The van der Waals surface area contributed by atoms with E-state index < -0.39 is 10.2 Å². The van der Waals surface area contributed by atoms with Crippen molar-refractivity contribution in [3.8, 4) is 16.9 Å². The molecule has 1 aliphatic heterocycles. The zero-order valence-corrected chi connectivity index (χ0v) is 12.9. The number of hydrogen-bond acceptors (Lipinski definition) is 3. The smallest absolute Gasteiger partial charge is 0.324 e. The SMILES string of the molecule is C=C1CN(c2cc(-c3ccccc3)ccc2OC)S(=O)(=O)N1. The van der Waals surface area contributed by atoms with Crippen molar-refractivity contribution < 1.29 is 13.2 Å². The van der Waals surface area contributed by atoms with Gasteiger partial charge in [0.05, 0.1) is 19.3 Å². The third kappa shape index (κ3) is 2.53. The van der Waals surface area contributed by atoms with E-state index >= 15 is 0 Å². The summed E-state index contributed by atoms with van der Waals surface area (Å²) in [6, 6.07) is 15.3. The molecule has 0 aromatic heterocycles. The van der Waals surface area contributed by atoms with Crippen molar-refractivity contribution >= 4 is 15.9 Å². The highest BCUT2D eigenvalue weighted by Crippen LogP contribution is 2.36. The maximum Gasteiger partial charge on any atom is 0.324 e. The second-order valence-corrected chi connectivity index (χ2v) is 6.56. The van der Waals surface area contributed by atoms with Crippen molar-refractivity contribution in [2.75, 3.05) is 18.0 Å². The Bertz CT molecular complexity index is 817. The first-order valence-corrected chi connectivity index (χ1v) is 8.17. The fraction of sp³-hybridized carbons (Fsp3) is 0.125. The van der Waals surface area contributed by atoms with E-state index in [0.29, 0.717) is 17.1 Å². The van der Waals surface area contributed by atoms with Gasteiger partial charge in [0.2, 0.25) is 0 Å². The quantitative estimate of drug-likeness (QED) is 0.946. The lowest BCUT2D eigenvalue weighted by Crippen LogP contribution is -2.29. The van der Waals surface area contributed by atoms with Crippen LogP contribution in [0.1, 0.15) is 0 Å². The van der Waals surface area contributed by atoms with Gasteiger partial charge in [0.1, 0.15) is 5.75 Å². The monoisotopic (exact) mass is 316 g/mol. The van der Waals surface area contributed by atoms with Gasteiger partial charge in [-0.05, 0) is 23.3 Å². The maximum absolute atomic E-state index is 12.2. The van der Waals surface area contributed by atoms with Crippen LogP contribution in [0, 0.1) is 0 Å². The summed E-state index contributed by atoms with van der Waals surface area (Å²) in [6.07, 6.45) is 0. The summed E-state index contributed by atoms with van der Waals surface area (Å²) in [5.41, 5.74) is 2.86. The molecule has 1 saturated heterocycles. The number of anilines is 1. The number of nitrogens with one attached hydrogen (secondary N) is 1. The molecule has 1 fully saturated rings. The molecule has 2 aromatic rings. The van der Waals surface area contributed by atoms with Crippen LogP contribution in [-0.2, 0) is 10.2 Å². The summed E-state index contributed by atoms with van der Waals surface area (Å²) in [5.74, 6) is 0.500. The molecule has 0 unspecified atom stereocenters. The summed E-state index contributed by atoms with van der Waals surface area (Å²) in [7, 11) is -2.10. The van der Waals surface area contributed by atoms with Crippen LogP contribution in [-0.4, -0.2) is 22.1 Å². The highest BCUT2D eigenvalue weighted by atomic mass is 32.2. The lowest BCUT2D eigenvalue weighted by molar-refractivity contribution is 0.415. The minimum atomic E-state index is -3.62. The molecule has 2 aromatic carbocycles. The Hall–Kier alpha value is -2.47. The van der Waals surface area contributed by atoms with E-state index in [1.54, 1.807) is 6.07 Å². The Labute approximate surface area is 130 Å². The summed E-state index contributed by atoms with van der Waals surface area (Å²) in [6.45, 7) is 3.88. The highest BCUT2D eigenvalue weighted by Gasteiger charge is 2.32. The van der Waals surface area contributed by atoms with E-state index in [1.165, 1.54) is 11.4 Å². The van der Waals surface area contributed by atoms with E-state index in [-0.39, 0.29) is 6.54 Å². The molecule has 1 aliphatic rings. The molecule has 114 valence electrons. The van der Waals surface area contributed by atoms with Crippen LogP contribution in [0.2, 0.25) is 0 Å². The molecule has 0 amide bonds. The lowest BCUT2D eigenvalue weighted by atomic mass is 10.0. The zero-order valence-electron chi connectivity index (χ0n) is 12.1. The third-order valence-corrected chi connectivity index (χ3v) is 4.91. The van der Waals surface area contributed by atoms with E-state index in [9.17, 15) is 8.42 Å². The third-order valence-electron chi connectivity index (χ3n) is 3.45. The standard InChI is InChI=1S/C16H16N2O3S/c1-12-11-18(22(19,20)17-12)15-10-14(8-9-16(15)21-2)13-6-4-3-5-7-13/h3-10,17H,1,11H2,2H3. The van der Waals surface area contributed by atoms with Crippen LogP contribution in [0.4, 0.5) is 5.69 Å². The van der Waals surface area contributed by atoms with Crippen LogP contribution in [0.25, 0.3) is 11.1 Å². The Kier molecular flexibility index (Phi) is 3.54. The largest absolute Gasteiger partial charge is 0.495 e. The number of rotatable bonds is 3. The topological polar surface area (TPSA) is 58.6 Å². The van der Waals surface area contributed by atoms with Crippen molar-refractivity contribution in [2.24, 2.45) is 0 Å². The van der Waals surface area contributed by atoms with Gasteiger partial charge in [-0.2, -0.15) is 8.42 Å². The normalized spacial score (nSPS) is 16.4. The van der Waals surface area contributed by atoms with E-state index in [2.05, 4.69) is 11.3 Å². The molecule has 0 saturated carbocycles. The Morgan fingerprint density at radius 1 is 1.14 bits per heavy atom. The van der Waals surface area contributed by atoms with Gasteiger partial charge in [0.15, 0.2) is 0 Å². The second-order valence-electron chi connectivity index (χ2n) is 4.97. The van der Waals surface area contributed by atoms with Gasteiger partial charge in [-0.15, -0.1) is 0 Å². The van der Waals surface area contributed by atoms with Gasteiger partial charge in [-0.3, -0.25) is 4.72 Å². The predicted molar refractivity (Wildman–Crippen MR) is 87.0 cm³/mol. The average Bonchev–Trinajstić information content (AvgIpc) is 2.80. The van der Waals surface area contributed by atoms with E-state index in [4.69, 9.17) is 4.74 Å². The molecule has 0 bridgehead atoms. The van der Waals surface area contributed by atoms with Crippen LogP contribution in [0.5, 0.6) is 5.75 Å². The van der Waals surface area contributed by atoms with Crippen molar-refractivity contribution in [1.82, 2.24) is 4.72 Å². The number of nitrogens with zero attached hydrogens (tertiary/aromatic N) is 1. The van der Waals surface area contributed by atoms with E-state index in [1.807, 2.05) is 42.5 Å². The predicted octanol–water partition coefficient (Wildman–Crippen LogP) is 2.53. The molecular weight excluding hydrogens is 300 g/mol. The first-order chi connectivity index (χ1) is 10.5. The fourth-order valence-electron chi connectivity index (χ4n) is 2.44. The van der Waals surface area contributed by atoms with Gasteiger partial charge in [-0.25, -0.2) is 4.31 Å². The lowest BCUT2D eigenvalue weighted by Gasteiger charge is -2.19. The van der Waals surface area contributed by atoms with Gasteiger partial charge >= 0.3 is 10.2 Å². The molecule has 1 heterocycles. The average molecular weight is 316 g/mol. The number of benzene rings is 2. The summed E-state index contributed by atoms with van der Waals surface area (Å²) < 4.78 is 33.4. The molecular formula is C16H16N2O3S. The van der Waals surface area contributed by atoms with Crippen molar-refractivity contribution in [3.63, 3.8) is 0 Å². The van der Waals surface area contributed by atoms with Gasteiger partial charge < -0.3 is 4.74 Å². The summed E-state index contributed by atoms with van der Waals surface area (Å²) >= 11 is 0. The highest BCUT2D eigenvalue weighted by molar-refractivity contribution is 7.91. The molecule has 3 rings (SSSR count). The molecule has 0 aliphatic carbocycles. The van der Waals surface area contributed by atoms with Crippen LogP contribution in [0.3, 0.4) is 0 Å². The first kappa shape index (κ1) is 14.5. The number of hydrogen-bond donors (Lipinski definition) is 1. The molecule has 0 spiro atoms.